The highest BCUT2D eigenvalue weighted by atomic mass is 16.2. The van der Waals surface area contributed by atoms with Gasteiger partial charge in [-0.05, 0) is 25.0 Å². The Kier molecular flexibility index (Phi) is 5.20. The van der Waals surface area contributed by atoms with Crippen LogP contribution in [-0.4, -0.2) is 18.4 Å². The third kappa shape index (κ3) is 4.68. The van der Waals surface area contributed by atoms with Crippen LogP contribution in [-0.2, 0) is 9.59 Å². The molecule has 0 saturated carbocycles. The average Bonchev–Trinajstić information content (AvgIpc) is 2.29. The number of hydrogen-bond donors (Lipinski definition) is 2. The highest BCUT2D eigenvalue weighted by molar-refractivity contribution is 6.03. The number of carbonyl (C=O) groups is 2. The van der Waals surface area contributed by atoms with Crippen LogP contribution in [0.25, 0.3) is 0 Å². The van der Waals surface area contributed by atoms with Crippen molar-refractivity contribution in [2.45, 2.75) is 26.7 Å². The first-order valence-corrected chi connectivity index (χ1v) is 5.75. The summed E-state index contributed by atoms with van der Waals surface area (Å²) in [6, 6.07) is 7.47. The minimum atomic E-state index is -0.284. The van der Waals surface area contributed by atoms with Crippen LogP contribution in [0.5, 0.6) is 0 Å². The van der Waals surface area contributed by atoms with Gasteiger partial charge in [-0.1, -0.05) is 25.1 Å². The first kappa shape index (κ1) is 13.2. The van der Waals surface area contributed by atoms with Crippen LogP contribution in [0.1, 0.15) is 25.3 Å². The lowest BCUT2D eigenvalue weighted by Gasteiger charge is -2.08. The van der Waals surface area contributed by atoms with Gasteiger partial charge in [0.1, 0.15) is 6.42 Å². The lowest BCUT2D eigenvalue weighted by Crippen LogP contribution is -2.28. The van der Waals surface area contributed by atoms with Crippen LogP contribution < -0.4 is 10.6 Å². The number of nitrogens with one attached hydrogen (secondary N) is 2. The van der Waals surface area contributed by atoms with Gasteiger partial charge < -0.3 is 10.6 Å². The van der Waals surface area contributed by atoms with Gasteiger partial charge in [0.15, 0.2) is 0 Å². The van der Waals surface area contributed by atoms with Gasteiger partial charge in [-0.15, -0.1) is 0 Å². The molecule has 4 nitrogen and oxygen atoms in total. The van der Waals surface area contributed by atoms with Crippen molar-refractivity contribution < 1.29 is 9.59 Å². The fraction of sp³-hybridized carbons (Fsp3) is 0.385. The molecule has 0 atom stereocenters. The SMILES string of the molecule is CCCNC(=O)CC(=O)Nc1ccccc1C. The van der Waals surface area contributed by atoms with E-state index in [-0.39, 0.29) is 18.2 Å². The molecular weight excluding hydrogens is 216 g/mol. The fourth-order valence-corrected chi connectivity index (χ4v) is 1.38. The van der Waals surface area contributed by atoms with Crippen molar-refractivity contribution in [2.24, 2.45) is 0 Å². The Labute approximate surface area is 101 Å². The maximum atomic E-state index is 11.6. The molecule has 1 aromatic carbocycles. The van der Waals surface area contributed by atoms with Crippen LogP contribution in [0.3, 0.4) is 0 Å². The summed E-state index contributed by atoms with van der Waals surface area (Å²) in [7, 11) is 0. The molecule has 0 aliphatic heterocycles. The summed E-state index contributed by atoms with van der Waals surface area (Å²) >= 11 is 0. The summed E-state index contributed by atoms with van der Waals surface area (Å²) in [5.41, 5.74) is 1.73. The first-order chi connectivity index (χ1) is 8.13. The topological polar surface area (TPSA) is 58.2 Å². The van der Waals surface area contributed by atoms with E-state index < -0.39 is 0 Å². The van der Waals surface area contributed by atoms with E-state index in [0.717, 1.165) is 17.7 Å². The van der Waals surface area contributed by atoms with Gasteiger partial charge in [0.05, 0.1) is 0 Å². The molecule has 0 aliphatic carbocycles. The standard InChI is InChI=1S/C13H18N2O2/c1-3-8-14-12(16)9-13(17)15-11-7-5-4-6-10(11)2/h4-7H,3,8-9H2,1-2H3,(H,14,16)(H,15,17). The van der Waals surface area contributed by atoms with Gasteiger partial charge in [0, 0.05) is 12.2 Å². The van der Waals surface area contributed by atoms with E-state index in [2.05, 4.69) is 10.6 Å². The van der Waals surface area contributed by atoms with E-state index in [1.54, 1.807) is 0 Å². The van der Waals surface area contributed by atoms with Gasteiger partial charge >= 0.3 is 0 Å². The van der Waals surface area contributed by atoms with Crippen LogP contribution in [0.4, 0.5) is 5.69 Å². The summed E-state index contributed by atoms with van der Waals surface area (Å²) < 4.78 is 0. The maximum absolute atomic E-state index is 11.6. The molecule has 0 saturated heterocycles. The van der Waals surface area contributed by atoms with E-state index in [1.165, 1.54) is 0 Å². The van der Waals surface area contributed by atoms with Crippen molar-refractivity contribution in [2.75, 3.05) is 11.9 Å². The number of amides is 2. The van der Waals surface area contributed by atoms with Gasteiger partial charge in [0.25, 0.3) is 0 Å². The zero-order valence-electron chi connectivity index (χ0n) is 10.2. The first-order valence-electron chi connectivity index (χ1n) is 5.75. The molecule has 0 aliphatic rings. The molecule has 0 unspecified atom stereocenters. The molecule has 1 rings (SSSR count). The number of aryl methyl sites for hydroxylation is 1. The predicted molar refractivity (Wildman–Crippen MR) is 67.7 cm³/mol. The molecule has 0 heterocycles. The normalized spacial score (nSPS) is 9.76. The number of para-hydroxylation sites is 1. The Morgan fingerprint density at radius 3 is 2.53 bits per heavy atom. The number of benzene rings is 1. The van der Waals surface area contributed by atoms with E-state index in [1.807, 2.05) is 38.1 Å². The minimum Gasteiger partial charge on any atom is -0.356 e. The molecule has 1 aromatic rings. The van der Waals surface area contributed by atoms with Crippen molar-refractivity contribution in [3.05, 3.63) is 29.8 Å². The second-order valence-electron chi connectivity index (χ2n) is 3.89. The highest BCUT2D eigenvalue weighted by Gasteiger charge is 2.09. The highest BCUT2D eigenvalue weighted by Crippen LogP contribution is 2.13. The third-order valence-electron chi connectivity index (χ3n) is 2.31. The molecule has 0 fully saturated rings. The number of carbonyl (C=O) groups excluding carboxylic acids is 2. The monoisotopic (exact) mass is 234 g/mol. The van der Waals surface area contributed by atoms with Crippen LogP contribution in [0, 0.1) is 6.92 Å². The number of anilines is 1. The second kappa shape index (κ2) is 6.68. The van der Waals surface area contributed by atoms with Crippen molar-refractivity contribution in [3.8, 4) is 0 Å². The van der Waals surface area contributed by atoms with Gasteiger partial charge in [0.2, 0.25) is 11.8 Å². The summed E-state index contributed by atoms with van der Waals surface area (Å²) in [4.78, 5) is 22.9. The Morgan fingerprint density at radius 2 is 1.88 bits per heavy atom. The zero-order valence-corrected chi connectivity index (χ0v) is 10.2. The van der Waals surface area contributed by atoms with Crippen molar-refractivity contribution in [1.82, 2.24) is 5.32 Å². The molecule has 17 heavy (non-hydrogen) atoms. The van der Waals surface area contributed by atoms with Gasteiger partial charge in [-0.25, -0.2) is 0 Å². The van der Waals surface area contributed by atoms with E-state index in [0.29, 0.717) is 6.54 Å². The van der Waals surface area contributed by atoms with Crippen molar-refractivity contribution >= 4 is 17.5 Å². The molecule has 4 heteroatoms. The second-order valence-corrected chi connectivity index (χ2v) is 3.89. The van der Waals surface area contributed by atoms with Crippen LogP contribution in [0.15, 0.2) is 24.3 Å². The molecule has 0 bridgehead atoms. The molecule has 92 valence electrons. The minimum absolute atomic E-state index is 0.131. The molecule has 0 spiro atoms. The van der Waals surface area contributed by atoms with E-state index in [9.17, 15) is 9.59 Å². The molecule has 0 aromatic heterocycles. The van der Waals surface area contributed by atoms with E-state index >= 15 is 0 Å². The number of rotatable bonds is 5. The lowest BCUT2D eigenvalue weighted by molar-refractivity contribution is -0.126. The Balaban J connectivity index is 2.45. The maximum Gasteiger partial charge on any atom is 0.233 e. The smallest absolute Gasteiger partial charge is 0.233 e. The number of hydrogen-bond acceptors (Lipinski definition) is 2. The summed E-state index contributed by atoms with van der Waals surface area (Å²) in [5.74, 6) is -0.522. The lowest BCUT2D eigenvalue weighted by atomic mass is 10.2. The van der Waals surface area contributed by atoms with Crippen LogP contribution >= 0.6 is 0 Å². The van der Waals surface area contributed by atoms with E-state index in [4.69, 9.17) is 0 Å². The van der Waals surface area contributed by atoms with Crippen molar-refractivity contribution in [1.29, 1.82) is 0 Å². The zero-order chi connectivity index (χ0) is 12.7. The quantitative estimate of drug-likeness (QED) is 0.764. The molecule has 0 radical (unpaired) electrons. The molecule has 2 amide bonds. The Morgan fingerprint density at radius 1 is 1.18 bits per heavy atom. The molecule has 2 N–H and O–H groups in total. The average molecular weight is 234 g/mol. The Bertz CT molecular complexity index is 402. The van der Waals surface area contributed by atoms with Gasteiger partial charge in [-0.3, -0.25) is 9.59 Å². The molecular formula is C13H18N2O2. The largest absolute Gasteiger partial charge is 0.356 e. The predicted octanol–water partition coefficient (Wildman–Crippen LogP) is 1.85. The van der Waals surface area contributed by atoms with Crippen LogP contribution in [0.2, 0.25) is 0 Å². The summed E-state index contributed by atoms with van der Waals surface area (Å²) in [6.07, 6.45) is 0.736. The fourth-order valence-electron chi connectivity index (χ4n) is 1.38. The van der Waals surface area contributed by atoms with Crippen molar-refractivity contribution in [3.63, 3.8) is 0 Å². The van der Waals surface area contributed by atoms with Gasteiger partial charge in [-0.2, -0.15) is 0 Å². The Hall–Kier alpha value is -1.84. The summed E-state index contributed by atoms with van der Waals surface area (Å²) in [5, 5.41) is 5.38. The third-order valence-corrected chi connectivity index (χ3v) is 2.31. The summed E-state index contributed by atoms with van der Waals surface area (Å²) in [6.45, 7) is 4.48.